The summed E-state index contributed by atoms with van der Waals surface area (Å²) in [6, 6.07) is 7.38. The van der Waals surface area contributed by atoms with E-state index in [0.717, 1.165) is 11.2 Å². The van der Waals surface area contributed by atoms with E-state index in [-0.39, 0.29) is 5.56 Å². The molecular weight excluding hydrogens is 276 g/mol. The number of pyridine rings is 1. The monoisotopic (exact) mass is 290 g/mol. The summed E-state index contributed by atoms with van der Waals surface area (Å²) in [6.45, 7) is 1.38. The third kappa shape index (κ3) is 2.27. The number of carboxylic acids is 1. The highest BCUT2D eigenvalue weighted by Crippen LogP contribution is 2.27. The molecule has 0 amide bonds. The van der Waals surface area contributed by atoms with Gasteiger partial charge < -0.3 is 10.0 Å². The van der Waals surface area contributed by atoms with Gasteiger partial charge in [0.05, 0.1) is 5.56 Å². The van der Waals surface area contributed by atoms with Crippen LogP contribution in [0.2, 0.25) is 0 Å². The maximum atomic E-state index is 11.4. The van der Waals surface area contributed by atoms with E-state index < -0.39 is 16.8 Å². The number of hydrogen-bond acceptors (Lipinski definition) is 4. The number of rotatable bonds is 2. The molecule has 2 heterocycles. The predicted molar refractivity (Wildman–Crippen MR) is 78.8 cm³/mol. The molecule has 1 saturated heterocycles. The number of fused-ring (bicyclic) bond motifs is 1. The minimum Gasteiger partial charge on any atom is -0.478 e. The molecule has 104 valence electrons. The molecule has 0 unspecified atom stereocenters. The van der Waals surface area contributed by atoms with Gasteiger partial charge in [0.2, 0.25) is 0 Å². The van der Waals surface area contributed by atoms with Crippen LogP contribution in [-0.4, -0.2) is 44.9 Å². The van der Waals surface area contributed by atoms with Crippen LogP contribution in [0.1, 0.15) is 10.4 Å². The second kappa shape index (κ2) is 5.20. The lowest BCUT2D eigenvalue weighted by Crippen LogP contribution is -2.38. The maximum absolute atomic E-state index is 11.4. The van der Waals surface area contributed by atoms with Crippen molar-refractivity contribution in [1.29, 1.82) is 0 Å². The van der Waals surface area contributed by atoms with Crippen LogP contribution in [0.25, 0.3) is 10.8 Å². The van der Waals surface area contributed by atoms with Crippen molar-refractivity contribution in [3.05, 3.63) is 36.0 Å². The highest BCUT2D eigenvalue weighted by molar-refractivity contribution is 7.85. The molecule has 1 fully saturated rings. The number of nitrogens with zero attached hydrogens (tertiary/aromatic N) is 2. The van der Waals surface area contributed by atoms with Crippen molar-refractivity contribution in [2.45, 2.75) is 0 Å². The lowest BCUT2D eigenvalue weighted by molar-refractivity contribution is 0.0698. The third-order valence-corrected chi connectivity index (χ3v) is 4.76. The van der Waals surface area contributed by atoms with Crippen LogP contribution in [0.3, 0.4) is 0 Å². The van der Waals surface area contributed by atoms with E-state index >= 15 is 0 Å². The van der Waals surface area contributed by atoms with E-state index in [2.05, 4.69) is 9.88 Å². The Labute approximate surface area is 118 Å². The molecule has 1 aliphatic heterocycles. The molecule has 0 bridgehead atoms. The fourth-order valence-corrected chi connectivity index (χ4v) is 3.50. The average molecular weight is 290 g/mol. The Kier molecular flexibility index (Phi) is 3.40. The van der Waals surface area contributed by atoms with Gasteiger partial charge >= 0.3 is 5.97 Å². The van der Waals surface area contributed by atoms with Gasteiger partial charge in [-0.25, -0.2) is 9.78 Å². The molecule has 0 aliphatic carbocycles. The highest BCUT2D eigenvalue weighted by atomic mass is 32.2. The highest BCUT2D eigenvalue weighted by Gasteiger charge is 2.20. The first-order valence-electron chi connectivity index (χ1n) is 6.38. The van der Waals surface area contributed by atoms with E-state index in [9.17, 15) is 14.1 Å². The minimum absolute atomic E-state index is 0.213. The Bertz CT molecular complexity index is 692. The quantitative estimate of drug-likeness (QED) is 0.907. The molecule has 1 aliphatic rings. The molecule has 1 aromatic carbocycles. The second-order valence-electron chi connectivity index (χ2n) is 4.68. The number of aromatic nitrogens is 1. The van der Waals surface area contributed by atoms with E-state index in [0.29, 0.717) is 30.0 Å². The smallest absolute Gasteiger partial charge is 0.337 e. The number of carboxylic acid groups (broad SMARTS) is 1. The Morgan fingerprint density at radius 3 is 2.50 bits per heavy atom. The number of benzene rings is 1. The first kappa shape index (κ1) is 13.1. The summed E-state index contributed by atoms with van der Waals surface area (Å²) < 4.78 is 11.4. The molecule has 0 saturated carbocycles. The van der Waals surface area contributed by atoms with Crippen LogP contribution in [0, 0.1) is 0 Å². The van der Waals surface area contributed by atoms with E-state index in [1.54, 1.807) is 6.07 Å². The molecule has 6 heteroatoms. The molecule has 3 rings (SSSR count). The molecular formula is C14H14N2O3S. The molecule has 0 radical (unpaired) electrons. The summed E-state index contributed by atoms with van der Waals surface area (Å²) in [7, 11) is -0.744. The molecule has 0 spiro atoms. The van der Waals surface area contributed by atoms with Crippen LogP contribution in [0.15, 0.2) is 30.5 Å². The van der Waals surface area contributed by atoms with Gasteiger partial charge in [0, 0.05) is 52.4 Å². The summed E-state index contributed by atoms with van der Waals surface area (Å²) in [4.78, 5) is 17.7. The minimum atomic E-state index is -0.972. The fourth-order valence-electron chi connectivity index (χ4n) is 2.45. The zero-order chi connectivity index (χ0) is 14.1. The lowest BCUT2D eigenvalue weighted by atomic mass is 10.1. The molecule has 1 aromatic heterocycles. The van der Waals surface area contributed by atoms with Gasteiger partial charge in [-0.15, -0.1) is 0 Å². The van der Waals surface area contributed by atoms with Crippen LogP contribution in [0.4, 0.5) is 5.82 Å². The van der Waals surface area contributed by atoms with Crippen molar-refractivity contribution >= 4 is 33.4 Å². The van der Waals surface area contributed by atoms with Crippen molar-refractivity contribution in [2.24, 2.45) is 0 Å². The zero-order valence-electron chi connectivity index (χ0n) is 10.8. The number of carbonyl (C=O) groups is 1. The van der Waals surface area contributed by atoms with Gasteiger partial charge in [-0.3, -0.25) is 4.21 Å². The third-order valence-electron chi connectivity index (χ3n) is 3.48. The van der Waals surface area contributed by atoms with Crippen LogP contribution in [0.5, 0.6) is 0 Å². The van der Waals surface area contributed by atoms with Gasteiger partial charge in [0.25, 0.3) is 0 Å². The van der Waals surface area contributed by atoms with Crippen molar-refractivity contribution in [3.8, 4) is 0 Å². The van der Waals surface area contributed by atoms with Gasteiger partial charge in [0.1, 0.15) is 5.82 Å². The van der Waals surface area contributed by atoms with Gasteiger partial charge in [-0.2, -0.15) is 0 Å². The number of aromatic carboxylic acids is 1. The lowest BCUT2D eigenvalue weighted by Gasteiger charge is -2.28. The Morgan fingerprint density at radius 1 is 1.20 bits per heavy atom. The predicted octanol–water partition coefficient (Wildman–Crippen LogP) is 1.50. The van der Waals surface area contributed by atoms with Gasteiger partial charge in [0.15, 0.2) is 0 Å². The normalized spacial score (nSPS) is 16.5. The van der Waals surface area contributed by atoms with Crippen molar-refractivity contribution in [3.63, 3.8) is 0 Å². The standard InChI is InChI=1S/C14H14N2O3S/c17-14(18)12-9-15-13(11-4-2-1-3-10(11)12)16-5-7-20(19)8-6-16/h1-4,9H,5-8H2,(H,17,18). The van der Waals surface area contributed by atoms with E-state index in [4.69, 9.17) is 0 Å². The molecule has 20 heavy (non-hydrogen) atoms. The van der Waals surface area contributed by atoms with Crippen molar-refractivity contribution in [2.75, 3.05) is 29.5 Å². The fraction of sp³-hybridized carbons (Fsp3) is 0.286. The number of hydrogen-bond donors (Lipinski definition) is 1. The average Bonchev–Trinajstić information content (AvgIpc) is 2.47. The maximum Gasteiger partial charge on any atom is 0.337 e. The summed E-state index contributed by atoms with van der Waals surface area (Å²) in [5, 5.41) is 10.7. The zero-order valence-corrected chi connectivity index (χ0v) is 11.6. The Morgan fingerprint density at radius 2 is 1.85 bits per heavy atom. The van der Waals surface area contributed by atoms with Crippen LogP contribution >= 0.6 is 0 Å². The van der Waals surface area contributed by atoms with Gasteiger partial charge in [-0.1, -0.05) is 24.3 Å². The molecule has 2 aromatic rings. The summed E-state index contributed by atoms with van der Waals surface area (Å²) in [5.74, 6) is 1.08. The van der Waals surface area contributed by atoms with E-state index in [1.165, 1.54) is 6.20 Å². The van der Waals surface area contributed by atoms with Crippen molar-refractivity contribution in [1.82, 2.24) is 4.98 Å². The van der Waals surface area contributed by atoms with E-state index in [1.807, 2.05) is 18.2 Å². The summed E-state index contributed by atoms with van der Waals surface area (Å²) >= 11 is 0. The summed E-state index contributed by atoms with van der Waals surface area (Å²) in [6.07, 6.45) is 1.41. The largest absolute Gasteiger partial charge is 0.478 e. The SMILES string of the molecule is O=C(O)c1cnc(N2CCS(=O)CC2)c2ccccc12. The van der Waals surface area contributed by atoms with Crippen LogP contribution in [-0.2, 0) is 10.8 Å². The molecule has 1 N–H and O–H groups in total. The second-order valence-corrected chi connectivity index (χ2v) is 6.38. The molecule has 5 nitrogen and oxygen atoms in total. The summed E-state index contributed by atoms with van der Waals surface area (Å²) in [5.41, 5.74) is 0.213. The Balaban J connectivity index is 2.11. The first-order valence-corrected chi connectivity index (χ1v) is 7.86. The van der Waals surface area contributed by atoms with Crippen molar-refractivity contribution < 1.29 is 14.1 Å². The number of anilines is 1. The van der Waals surface area contributed by atoms with Gasteiger partial charge in [-0.05, 0) is 0 Å². The van der Waals surface area contributed by atoms with Crippen LogP contribution < -0.4 is 4.90 Å². The first-order chi connectivity index (χ1) is 9.66. The molecule has 0 atom stereocenters. The Hall–Kier alpha value is -1.95. The topological polar surface area (TPSA) is 70.5 Å².